The highest BCUT2D eigenvalue weighted by molar-refractivity contribution is 5.30. The minimum absolute atomic E-state index is 0.0634. The molecule has 2 rings (SSSR count). The molecule has 0 unspecified atom stereocenters. The highest BCUT2D eigenvalue weighted by atomic mass is 19.3. The predicted octanol–water partition coefficient (Wildman–Crippen LogP) is 2.03. The summed E-state index contributed by atoms with van der Waals surface area (Å²) in [5, 5.41) is 3.23. The first-order valence-corrected chi connectivity index (χ1v) is 5.38. The zero-order valence-electron chi connectivity index (χ0n) is 9.21. The molecule has 3 N–H and O–H groups in total. The first kappa shape index (κ1) is 11.5. The van der Waals surface area contributed by atoms with Gasteiger partial charge in [-0.2, -0.15) is 0 Å². The monoisotopic (exact) mass is 226 g/mol. The summed E-state index contributed by atoms with van der Waals surface area (Å²) in [6.07, 6.45) is -2.40. The molecule has 16 heavy (non-hydrogen) atoms. The first-order valence-electron chi connectivity index (χ1n) is 5.38. The van der Waals surface area contributed by atoms with Gasteiger partial charge in [0.15, 0.2) is 0 Å². The highest BCUT2D eigenvalue weighted by Crippen LogP contribution is 2.30. The van der Waals surface area contributed by atoms with E-state index in [4.69, 9.17) is 5.73 Å². The van der Waals surface area contributed by atoms with E-state index in [1.807, 2.05) is 6.92 Å². The topological polar surface area (TPSA) is 38.0 Å². The van der Waals surface area contributed by atoms with Crippen molar-refractivity contribution >= 4 is 0 Å². The lowest BCUT2D eigenvalue weighted by atomic mass is 9.84. The summed E-state index contributed by atoms with van der Waals surface area (Å²) in [7, 11) is 0. The van der Waals surface area contributed by atoms with Gasteiger partial charge in [-0.05, 0) is 12.5 Å². The predicted molar refractivity (Wildman–Crippen MR) is 59.6 cm³/mol. The molecule has 4 heteroatoms. The molecule has 1 aliphatic rings. The molecule has 1 saturated heterocycles. The number of hydrogen-bond acceptors (Lipinski definition) is 2. The Kier molecular flexibility index (Phi) is 2.95. The quantitative estimate of drug-likeness (QED) is 0.809. The van der Waals surface area contributed by atoms with Crippen LogP contribution in [-0.4, -0.2) is 18.6 Å². The molecule has 2 nitrogen and oxygen atoms in total. The highest BCUT2D eigenvalue weighted by Gasteiger charge is 2.35. The van der Waals surface area contributed by atoms with Crippen LogP contribution in [0.3, 0.4) is 0 Å². The van der Waals surface area contributed by atoms with Gasteiger partial charge in [-0.15, -0.1) is 0 Å². The molecule has 0 aromatic heterocycles. The van der Waals surface area contributed by atoms with Crippen LogP contribution in [-0.2, 0) is 0 Å². The summed E-state index contributed by atoms with van der Waals surface area (Å²) >= 11 is 0. The SMILES string of the molecule is C[C@@]1(N)CNC[C@H]1c1ccc(C(F)F)cc1. The minimum Gasteiger partial charge on any atom is -0.324 e. The van der Waals surface area contributed by atoms with E-state index < -0.39 is 6.43 Å². The van der Waals surface area contributed by atoms with E-state index in [2.05, 4.69) is 5.32 Å². The van der Waals surface area contributed by atoms with Crippen molar-refractivity contribution in [2.75, 3.05) is 13.1 Å². The zero-order chi connectivity index (χ0) is 11.8. The van der Waals surface area contributed by atoms with E-state index >= 15 is 0 Å². The van der Waals surface area contributed by atoms with E-state index in [1.54, 1.807) is 12.1 Å². The molecule has 0 spiro atoms. The Labute approximate surface area is 93.8 Å². The van der Waals surface area contributed by atoms with Gasteiger partial charge in [0, 0.05) is 30.1 Å². The number of nitrogens with one attached hydrogen (secondary N) is 1. The van der Waals surface area contributed by atoms with Crippen molar-refractivity contribution in [3.8, 4) is 0 Å². The van der Waals surface area contributed by atoms with Crippen LogP contribution < -0.4 is 11.1 Å². The number of alkyl halides is 2. The summed E-state index contributed by atoms with van der Waals surface area (Å²) in [5.74, 6) is 0.194. The Balaban J connectivity index is 2.22. The molecular formula is C12H16F2N2. The van der Waals surface area contributed by atoms with E-state index in [-0.39, 0.29) is 17.0 Å². The lowest BCUT2D eigenvalue weighted by molar-refractivity contribution is 0.151. The van der Waals surface area contributed by atoms with E-state index in [0.29, 0.717) is 0 Å². The van der Waals surface area contributed by atoms with E-state index in [0.717, 1.165) is 18.7 Å². The second-order valence-electron chi connectivity index (χ2n) is 4.66. The van der Waals surface area contributed by atoms with Crippen LogP contribution in [0.1, 0.15) is 30.4 Å². The van der Waals surface area contributed by atoms with Gasteiger partial charge < -0.3 is 11.1 Å². The maximum Gasteiger partial charge on any atom is 0.263 e. The number of nitrogens with two attached hydrogens (primary N) is 1. The number of rotatable bonds is 2. The fourth-order valence-corrected chi connectivity index (χ4v) is 2.21. The molecule has 0 saturated carbocycles. The molecule has 0 aliphatic carbocycles. The number of benzene rings is 1. The minimum atomic E-state index is -2.40. The number of hydrogen-bond donors (Lipinski definition) is 2. The Morgan fingerprint density at radius 3 is 2.44 bits per heavy atom. The van der Waals surface area contributed by atoms with Crippen LogP contribution >= 0.6 is 0 Å². The normalized spacial score (nSPS) is 29.9. The second kappa shape index (κ2) is 4.11. The van der Waals surface area contributed by atoms with Crippen molar-refractivity contribution < 1.29 is 8.78 Å². The fraction of sp³-hybridized carbons (Fsp3) is 0.500. The average Bonchev–Trinajstić information content (AvgIpc) is 2.58. The summed E-state index contributed by atoms with van der Waals surface area (Å²) in [4.78, 5) is 0. The number of halogens is 2. The Morgan fingerprint density at radius 2 is 2.00 bits per heavy atom. The van der Waals surface area contributed by atoms with Gasteiger partial charge in [0.25, 0.3) is 6.43 Å². The van der Waals surface area contributed by atoms with Crippen molar-refractivity contribution in [2.24, 2.45) is 5.73 Å². The Hall–Kier alpha value is -1.00. The third kappa shape index (κ3) is 2.08. The average molecular weight is 226 g/mol. The maximum atomic E-state index is 12.4. The summed E-state index contributed by atoms with van der Waals surface area (Å²) in [6, 6.07) is 6.47. The van der Waals surface area contributed by atoms with Gasteiger partial charge in [0.1, 0.15) is 0 Å². The van der Waals surface area contributed by atoms with Crippen LogP contribution in [0.2, 0.25) is 0 Å². The molecular weight excluding hydrogens is 210 g/mol. The molecule has 1 aromatic rings. The van der Waals surface area contributed by atoms with Gasteiger partial charge in [-0.3, -0.25) is 0 Å². The van der Waals surface area contributed by atoms with Gasteiger partial charge in [0.05, 0.1) is 0 Å². The van der Waals surface area contributed by atoms with Crippen molar-refractivity contribution in [3.05, 3.63) is 35.4 Å². The third-order valence-electron chi connectivity index (χ3n) is 3.24. The van der Waals surface area contributed by atoms with Crippen LogP contribution in [0, 0.1) is 0 Å². The Bertz CT molecular complexity index is 360. The van der Waals surface area contributed by atoms with Gasteiger partial charge in [0.2, 0.25) is 0 Å². The molecule has 1 aliphatic heterocycles. The van der Waals surface area contributed by atoms with Crippen molar-refractivity contribution in [3.63, 3.8) is 0 Å². The summed E-state index contributed by atoms with van der Waals surface area (Å²) in [5.41, 5.74) is 6.93. The van der Waals surface area contributed by atoms with Crippen LogP contribution in [0.4, 0.5) is 8.78 Å². The van der Waals surface area contributed by atoms with Crippen LogP contribution in [0.25, 0.3) is 0 Å². The lowest BCUT2D eigenvalue weighted by Crippen LogP contribution is -2.42. The molecule has 88 valence electrons. The smallest absolute Gasteiger partial charge is 0.263 e. The van der Waals surface area contributed by atoms with Gasteiger partial charge >= 0.3 is 0 Å². The van der Waals surface area contributed by atoms with Crippen LogP contribution in [0.15, 0.2) is 24.3 Å². The standard InChI is InChI=1S/C12H16F2N2/c1-12(15)7-16-6-10(12)8-2-4-9(5-3-8)11(13)14/h2-5,10-11,16H,6-7,15H2,1H3/t10-,12+/m0/s1. The van der Waals surface area contributed by atoms with Crippen LogP contribution in [0.5, 0.6) is 0 Å². The summed E-state index contributed by atoms with van der Waals surface area (Å²) in [6.45, 7) is 3.55. The molecule has 0 amide bonds. The second-order valence-corrected chi connectivity index (χ2v) is 4.66. The zero-order valence-corrected chi connectivity index (χ0v) is 9.21. The molecule has 0 radical (unpaired) electrons. The third-order valence-corrected chi connectivity index (χ3v) is 3.24. The molecule has 0 bridgehead atoms. The summed E-state index contributed by atoms with van der Waals surface area (Å²) < 4.78 is 24.8. The fourth-order valence-electron chi connectivity index (χ4n) is 2.21. The largest absolute Gasteiger partial charge is 0.324 e. The maximum absolute atomic E-state index is 12.4. The molecule has 1 fully saturated rings. The van der Waals surface area contributed by atoms with E-state index in [1.165, 1.54) is 12.1 Å². The van der Waals surface area contributed by atoms with Gasteiger partial charge in [-0.25, -0.2) is 8.78 Å². The van der Waals surface area contributed by atoms with Crippen molar-refractivity contribution in [2.45, 2.75) is 24.8 Å². The van der Waals surface area contributed by atoms with Crippen molar-refractivity contribution in [1.82, 2.24) is 5.32 Å². The van der Waals surface area contributed by atoms with Gasteiger partial charge in [-0.1, -0.05) is 24.3 Å². The first-order chi connectivity index (χ1) is 7.50. The Morgan fingerprint density at radius 1 is 1.38 bits per heavy atom. The molecule has 1 heterocycles. The molecule has 1 aromatic carbocycles. The lowest BCUT2D eigenvalue weighted by Gasteiger charge is -2.26. The van der Waals surface area contributed by atoms with E-state index in [9.17, 15) is 8.78 Å². The molecule has 2 atom stereocenters. The van der Waals surface area contributed by atoms with Crippen molar-refractivity contribution in [1.29, 1.82) is 0 Å².